The van der Waals surface area contributed by atoms with Crippen LogP contribution in [0.15, 0.2) is 0 Å². The van der Waals surface area contributed by atoms with Crippen LogP contribution >= 0.6 is 0 Å². The van der Waals surface area contributed by atoms with Crippen LogP contribution in [0.3, 0.4) is 0 Å². The van der Waals surface area contributed by atoms with E-state index in [1.165, 1.54) is 14.0 Å². The number of fused-ring (bicyclic) bond motifs is 1. The first kappa shape index (κ1) is 19.4. The lowest BCUT2D eigenvalue weighted by molar-refractivity contribution is -0.138. The molecule has 24 heavy (non-hydrogen) atoms. The summed E-state index contributed by atoms with van der Waals surface area (Å²) in [4.78, 5) is 22.6. The Morgan fingerprint density at radius 1 is 1.42 bits per heavy atom. The van der Waals surface area contributed by atoms with Gasteiger partial charge >= 0.3 is 5.97 Å². The molecule has 1 unspecified atom stereocenters. The molecule has 132 valence electrons. The third kappa shape index (κ3) is 3.30. The fourth-order valence-corrected chi connectivity index (χ4v) is 2.33. The molecule has 0 fully saturated rings. The number of aromatic nitrogens is 2. The van der Waals surface area contributed by atoms with E-state index < -0.39 is 23.7 Å². The topological polar surface area (TPSA) is 144 Å². The molecule has 8 nitrogen and oxygen atoms in total. The number of nitrogens with zero attached hydrogens (tertiary/aromatic N) is 1. The fourth-order valence-electron chi connectivity index (χ4n) is 2.33. The maximum Gasteiger partial charge on any atom is 0.320 e. The molecule has 9 heteroatoms. The minimum absolute atomic E-state index is 0.00314. The Labute approximate surface area is 138 Å². The molecule has 0 bridgehead atoms. The maximum atomic E-state index is 14.2. The monoisotopic (exact) mass is 340 g/mol. The summed E-state index contributed by atoms with van der Waals surface area (Å²) in [6.07, 6.45) is -0.125. The average Bonchev–Trinajstić information content (AvgIpc) is 2.93. The number of nitrogens with two attached hydrogens (primary N) is 2. The molecule has 2 aromatic rings. The van der Waals surface area contributed by atoms with Crippen molar-refractivity contribution < 1.29 is 23.8 Å². The SMILES string of the molecule is CC.COc1c(F)c(C)c(C(N)=O)c2c(CC(N)C(=O)O)[nH]nc12. The van der Waals surface area contributed by atoms with Gasteiger partial charge in [0.15, 0.2) is 11.6 Å². The van der Waals surface area contributed by atoms with Crippen LogP contribution in [0, 0.1) is 12.7 Å². The summed E-state index contributed by atoms with van der Waals surface area (Å²) in [5.41, 5.74) is 11.1. The van der Waals surface area contributed by atoms with E-state index in [0.29, 0.717) is 0 Å². The van der Waals surface area contributed by atoms with E-state index in [2.05, 4.69) is 10.2 Å². The van der Waals surface area contributed by atoms with Gasteiger partial charge in [0.1, 0.15) is 11.6 Å². The fraction of sp³-hybridized carbons (Fsp3) is 0.400. The van der Waals surface area contributed by atoms with E-state index in [9.17, 15) is 14.0 Å². The second-order valence-corrected chi connectivity index (χ2v) is 4.79. The molecular formula is C15H21FN4O4. The van der Waals surface area contributed by atoms with E-state index in [1.807, 2.05) is 13.8 Å². The minimum atomic E-state index is -1.21. The normalized spacial score (nSPS) is 11.6. The third-order valence-corrected chi connectivity index (χ3v) is 3.40. The van der Waals surface area contributed by atoms with Crippen molar-refractivity contribution in [2.45, 2.75) is 33.2 Å². The van der Waals surface area contributed by atoms with Crippen molar-refractivity contribution in [3.63, 3.8) is 0 Å². The third-order valence-electron chi connectivity index (χ3n) is 3.40. The van der Waals surface area contributed by atoms with Gasteiger partial charge in [-0.2, -0.15) is 5.10 Å². The van der Waals surface area contributed by atoms with E-state index >= 15 is 0 Å². The van der Waals surface area contributed by atoms with Crippen LogP contribution in [0.1, 0.15) is 35.5 Å². The highest BCUT2D eigenvalue weighted by atomic mass is 19.1. The van der Waals surface area contributed by atoms with Gasteiger partial charge in [-0.25, -0.2) is 4.39 Å². The van der Waals surface area contributed by atoms with Crippen molar-refractivity contribution in [2.75, 3.05) is 7.11 Å². The first-order valence-electron chi connectivity index (χ1n) is 7.30. The number of nitrogens with one attached hydrogen (secondary N) is 1. The summed E-state index contributed by atoms with van der Waals surface area (Å²) in [5, 5.41) is 15.6. The van der Waals surface area contributed by atoms with E-state index in [-0.39, 0.29) is 39.9 Å². The second-order valence-electron chi connectivity index (χ2n) is 4.79. The molecule has 1 aromatic heterocycles. The van der Waals surface area contributed by atoms with Crippen molar-refractivity contribution in [2.24, 2.45) is 11.5 Å². The van der Waals surface area contributed by atoms with Gasteiger partial charge in [-0.3, -0.25) is 14.7 Å². The summed E-state index contributed by atoms with van der Waals surface area (Å²) < 4.78 is 19.2. The molecule has 1 amide bonds. The molecule has 6 N–H and O–H groups in total. The van der Waals surface area contributed by atoms with Crippen LogP contribution in [0.2, 0.25) is 0 Å². The molecule has 1 heterocycles. The van der Waals surface area contributed by atoms with Crippen molar-refractivity contribution in [3.8, 4) is 5.75 Å². The quantitative estimate of drug-likeness (QED) is 0.641. The summed E-state index contributed by atoms with van der Waals surface area (Å²) >= 11 is 0. The van der Waals surface area contributed by atoms with E-state index in [4.69, 9.17) is 21.3 Å². The highest BCUT2D eigenvalue weighted by Crippen LogP contribution is 2.35. The van der Waals surface area contributed by atoms with Crippen LogP contribution in [0.4, 0.5) is 4.39 Å². The van der Waals surface area contributed by atoms with Gasteiger partial charge in [-0.1, -0.05) is 13.8 Å². The number of halogens is 1. The standard InChI is InChI=1S/C13H15FN4O4.C2H6/c1-4-7(12(16)19)8-6(3-5(15)13(20)21)17-18-10(8)11(22-2)9(4)14;1-2/h5H,3,15H2,1-2H3,(H2,16,19)(H,17,18)(H,20,21);1-2H3. The second kappa shape index (κ2) is 7.73. The Bertz CT molecular complexity index is 773. The van der Waals surface area contributed by atoms with Crippen LogP contribution in [-0.4, -0.2) is 40.3 Å². The number of aliphatic carboxylic acids is 1. The van der Waals surface area contributed by atoms with Crippen molar-refractivity contribution in [1.82, 2.24) is 10.2 Å². The van der Waals surface area contributed by atoms with Crippen LogP contribution in [0.25, 0.3) is 10.9 Å². The summed E-state index contributed by atoms with van der Waals surface area (Å²) in [6, 6.07) is -1.21. The predicted octanol–water partition coefficient (Wildman–Crippen LogP) is 1.10. The van der Waals surface area contributed by atoms with Crippen molar-refractivity contribution in [1.29, 1.82) is 0 Å². The molecule has 2 rings (SSSR count). The lowest BCUT2D eigenvalue weighted by Crippen LogP contribution is -2.32. The number of hydrogen-bond donors (Lipinski definition) is 4. The number of amides is 1. The van der Waals surface area contributed by atoms with Gasteiger partial charge in [0.05, 0.1) is 12.7 Å². The van der Waals surface area contributed by atoms with E-state index in [1.54, 1.807) is 0 Å². The Kier molecular flexibility index (Phi) is 6.24. The van der Waals surface area contributed by atoms with Crippen LogP contribution in [0.5, 0.6) is 5.75 Å². The predicted molar refractivity (Wildman–Crippen MR) is 86.5 cm³/mol. The number of rotatable bonds is 5. The number of benzene rings is 1. The number of carbonyl (C=O) groups excluding carboxylic acids is 1. The molecule has 0 saturated carbocycles. The molecule has 0 aliphatic rings. The molecule has 0 spiro atoms. The smallest absolute Gasteiger partial charge is 0.320 e. The van der Waals surface area contributed by atoms with Gasteiger partial charge in [-0.05, 0) is 6.92 Å². The number of carboxylic acid groups (broad SMARTS) is 1. The number of primary amides is 1. The molecule has 1 aromatic carbocycles. The number of H-pyrrole nitrogens is 1. The molecule has 1 atom stereocenters. The van der Waals surface area contributed by atoms with Gasteiger partial charge in [0, 0.05) is 23.1 Å². The van der Waals surface area contributed by atoms with Gasteiger partial charge in [0.25, 0.3) is 0 Å². The Morgan fingerprint density at radius 3 is 2.46 bits per heavy atom. The Hall–Kier alpha value is -2.68. The summed E-state index contributed by atoms with van der Waals surface area (Å²) in [6.45, 7) is 5.38. The molecule has 0 aliphatic carbocycles. The zero-order valence-corrected chi connectivity index (χ0v) is 13.9. The lowest BCUT2D eigenvalue weighted by Gasteiger charge is -2.11. The number of carboxylic acids is 1. The zero-order valence-electron chi connectivity index (χ0n) is 13.9. The maximum absolute atomic E-state index is 14.2. The zero-order chi connectivity index (χ0) is 18.6. The van der Waals surface area contributed by atoms with Crippen LogP contribution in [-0.2, 0) is 11.2 Å². The molecule has 0 aliphatic heterocycles. The van der Waals surface area contributed by atoms with Gasteiger partial charge in [-0.15, -0.1) is 0 Å². The van der Waals surface area contributed by atoms with Crippen molar-refractivity contribution in [3.05, 3.63) is 22.6 Å². The minimum Gasteiger partial charge on any atom is -0.491 e. The highest BCUT2D eigenvalue weighted by molar-refractivity contribution is 6.09. The van der Waals surface area contributed by atoms with E-state index in [0.717, 1.165) is 0 Å². The number of hydrogen-bond acceptors (Lipinski definition) is 5. The largest absolute Gasteiger partial charge is 0.491 e. The Morgan fingerprint density at radius 2 is 2.00 bits per heavy atom. The van der Waals surface area contributed by atoms with Crippen LogP contribution < -0.4 is 16.2 Å². The summed E-state index contributed by atoms with van der Waals surface area (Å²) in [7, 11) is 1.26. The molecule has 0 radical (unpaired) electrons. The number of methoxy groups -OCH3 is 1. The highest BCUT2D eigenvalue weighted by Gasteiger charge is 2.26. The van der Waals surface area contributed by atoms with Gasteiger partial charge < -0.3 is 21.3 Å². The summed E-state index contributed by atoms with van der Waals surface area (Å²) in [5.74, 6) is -2.96. The first-order chi connectivity index (χ1) is 11.3. The number of aromatic amines is 1. The lowest BCUT2D eigenvalue weighted by atomic mass is 9.98. The molecule has 0 saturated heterocycles. The number of carbonyl (C=O) groups is 2. The van der Waals surface area contributed by atoms with Crippen molar-refractivity contribution >= 4 is 22.8 Å². The van der Waals surface area contributed by atoms with Gasteiger partial charge in [0.2, 0.25) is 5.91 Å². The molecular weight excluding hydrogens is 319 g/mol. The number of ether oxygens (including phenoxy) is 1. The Balaban J connectivity index is 0.00000139. The first-order valence-corrected chi connectivity index (χ1v) is 7.30. The average molecular weight is 340 g/mol.